The van der Waals surface area contributed by atoms with Gasteiger partial charge in [0.2, 0.25) is 0 Å². The van der Waals surface area contributed by atoms with Crippen LogP contribution in [0.1, 0.15) is 58.3 Å². The Morgan fingerprint density at radius 2 is 1.80 bits per heavy atom. The third-order valence-corrected chi connectivity index (χ3v) is 6.18. The molecule has 0 radical (unpaired) electrons. The quantitative estimate of drug-likeness (QED) is 0.677. The minimum absolute atomic E-state index is 0.0409. The Balaban J connectivity index is 1.72. The van der Waals surface area contributed by atoms with E-state index >= 15 is 0 Å². The molecule has 0 aromatic rings. The van der Waals surface area contributed by atoms with E-state index < -0.39 is 0 Å². The van der Waals surface area contributed by atoms with Crippen molar-refractivity contribution in [2.24, 2.45) is 5.92 Å². The highest BCUT2D eigenvalue weighted by Crippen LogP contribution is 2.26. The minimum atomic E-state index is 0.0409. The lowest BCUT2D eigenvalue weighted by atomic mass is 9.87. The monoisotopic (exact) mass is 369 g/mol. The van der Waals surface area contributed by atoms with E-state index in [1.807, 2.05) is 4.90 Å². The Morgan fingerprint density at radius 1 is 1.08 bits per heavy atom. The molecule has 1 aliphatic carbocycles. The molecule has 0 aromatic carbocycles. The number of thioether (sulfide) groups is 1. The topological polar surface area (TPSA) is 52.7 Å². The Bertz CT molecular complexity index is 407. The summed E-state index contributed by atoms with van der Waals surface area (Å²) in [7, 11) is 0. The number of carbonyl (C=O) groups is 2. The molecule has 144 valence electrons. The zero-order chi connectivity index (χ0) is 17.9. The molecule has 0 spiro atoms. The number of hydrogen-bond donors (Lipinski definition) is 1. The first-order valence-electron chi connectivity index (χ1n) is 10.0. The van der Waals surface area contributed by atoms with Crippen molar-refractivity contribution in [1.82, 2.24) is 15.1 Å². The van der Waals surface area contributed by atoms with Crippen LogP contribution < -0.4 is 5.32 Å². The summed E-state index contributed by atoms with van der Waals surface area (Å²) in [5.41, 5.74) is 0. The number of rotatable bonds is 9. The Kier molecular flexibility index (Phi) is 9.69. The van der Waals surface area contributed by atoms with Gasteiger partial charge in [-0.2, -0.15) is 0 Å². The van der Waals surface area contributed by atoms with E-state index in [2.05, 4.69) is 10.2 Å². The van der Waals surface area contributed by atoms with Crippen LogP contribution in [0.15, 0.2) is 0 Å². The summed E-state index contributed by atoms with van der Waals surface area (Å²) < 4.78 is 0. The van der Waals surface area contributed by atoms with Crippen LogP contribution in [0.2, 0.25) is 0 Å². The van der Waals surface area contributed by atoms with Gasteiger partial charge in [-0.1, -0.05) is 43.9 Å². The molecule has 1 saturated carbocycles. The second-order valence-electron chi connectivity index (χ2n) is 7.40. The van der Waals surface area contributed by atoms with Gasteiger partial charge in [0.05, 0.1) is 0 Å². The number of likely N-dealkylation sites (tertiary alicyclic amines) is 1. The maximum absolute atomic E-state index is 12.6. The third kappa shape index (κ3) is 8.45. The molecule has 5 nitrogen and oxygen atoms in total. The second kappa shape index (κ2) is 11.8. The van der Waals surface area contributed by atoms with Gasteiger partial charge in [-0.25, -0.2) is 4.79 Å². The standard InChI is InChI=1S/C19H35N3O2S/c1-17(23)25-16-15-22(13-9-18-7-3-2-4-8-18)19(24)20-10-14-21-11-5-6-12-21/h18H,2-16H2,1H3,(H,20,24). The third-order valence-electron chi connectivity index (χ3n) is 5.39. The van der Waals surface area contributed by atoms with Crippen molar-refractivity contribution in [3.05, 3.63) is 0 Å². The number of urea groups is 1. The zero-order valence-corrected chi connectivity index (χ0v) is 16.6. The van der Waals surface area contributed by atoms with Gasteiger partial charge >= 0.3 is 6.03 Å². The highest BCUT2D eigenvalue weighted by molar-refractivity contribution is 8.13. The predicted molar refractivity (Wildman–Crippen MR) is 105 cm³/mol. The van der Waals surface area contributed by atoms with Gasteiger partial charge in [-0.15, -0.1) is 0 Å². The van der Waals surface area contributed by atoms with Gasteiger partial charge in [0.15, 0.2) is 5.12 Å². The normalized spacial score (nSPS) is 19.1. The Labute approximate surface area is 157 Å². The number of hydrogen-bond acceptors (Lipinski definition) is 4. The van der Waals surface area contributed by atoms with Gasteiger partial charge in [0.25, 0.3) is 0 Å². The highest BCUT2D eigenvalue weighted by atomic mass is 32.2. The molecule has 1 N–H and O–H groups in total. The van der Waals surface area contributed by atoms with Crippen molar-refractivity contribution in [1.29, 1.82) is 0 Å². The molecule has 0 unspecified atom stereocenters. The van der Waals surface area contributed by atoms with Crippen LogP contribution in [-0.4, -0.2) is 66.0 Å². The highest BCUT2D eigenvalue weighted by Gasteiger charge is 2.19. The van der Waals surface area contributed by atoms with Crippen molar-refractivity contribution in [2.45, 2.75) is 58.3 Å². The lowest BCUT2D eigenvalue weighted by Gasteiger charge is -2.27. The molecule has 1 saturated heterocycles. The molecule has 25 heavy (non-hydrogen) atoms. The lowest BCUT2D eigenvalue weighted by Crippen LogP contribution is -2.44. The van der Waals surface area contributed by atoms with Gasteiger partial charge < -0.3 is 15.1 Å². The van der Waals surface area contributed by atoms with Gasteiger partial charge in [0.1, 0.15) is 0 Å². The lowest BCUT2D eigenvalue weighted by molar-refractivity contribution is -0.109. The maximum atomic E-state index is 12.6. The van der Waals surface area contributed by atoms with E-state index in [4.69, 9.17) is 0 Å². The molecule has 2 amide bonds. The first-order chi connectivity index (χ1) is 12.1. The van der Waals surface area contributed by atoms with Crippen molar-refractivity contribution in [3.63, 3.8) is 0 Å². The zero-order valence-electron chi connectivity index (χ0n) is 15.8. The van der Waals surface area contributed by atoms with E-state index in [0.29, 0.717) is 12.3 Å². The van der Waals surface area contributed by atoms with Crippen LogP contribution in [0, 0.1) is 5.92 Å². The van der Waals surface area contributed by atoms with Crippen molar-refractivity contribution in [2.75, 3.05) is 45.0 Å². The maximum Gasteiger partial charge on any atom is 0.317 e. The summed E-state index contributed by atoms with van der Waals surface area (Å²) >= 11 is 1.31. The molecule has 1 aliphatic heterocycles. The molecule has 2 fully saturated rings. The van der Waals surface area contributed by atoms with Gasteiger partial charge in [0, 0.05) is 38.9 Å². The van der Waals surface area contributed by atoms with Crippen LogP contribution in [0.3, 0.4) is 0 Å². The van der Waals surface area contributed by atoms with Crippen LogP contribution in [0.25, 0.3) is 0 Å². The molecule has 2 aliphatic rings. The van der Waals surface area contributed by atoms with E-state index in [9.17, 15) is 9.59 Å². The van der Waals surface area contributed by atoms with Crippen molar-refractivity contribution >= 4 is 22.9 Å². The summed E-state index contributed by atoms with van der Waals surface area (Å²) in [6.45, 7) is 7.06. The minimum Gasteiger partial charge on any atom is -0.337 e. The van der Waals surface area contributed by atoms with E-state index in [0.717, 1.165) is 45.1 Å². The first kappa shape index (κ1) is 20.6. The molecule has 0 bridgehead atoms. The summed E-state index contributed by atoms with van der Waals surface area (Å²) in [6, 6.07) is 0.0409. The summed E-state index contributed by atoms with van der Waals surface area (Å²) in [5.74, 6) is 1.47. The van der Waals surface area contributed by atoms with Gasteiger partial charge in [-0.3, -0.25) is 4.79 Å². The summed E-state index contributed by atoms with van der Waals surface area (Å²) in [5, 5.41) is 3.21. The summed E-state index contributed by atoms with van der Waals surface area (Å²) in [4.78, 5) is 28.1. The van der Waals surface area contributed by atoms with Crippen LogP contribution in [-0.2, 0) is 4.79 Å². The Hall–Kier alpha value is -0.750. The van der Waals surface area contributed by atoms with E-state index in [1.165, 1.54) is 56.7 Å². The van der Waals surface area contributed by atoms with Crippen molar-refractivity contribution < 1.29 is 9.59 Å². The fourth-order valence-corrected chi connectivity index (χ4v) is 4.47. The van der Waals surface area contributed by atoms with E-state index in [-0.39, 0.29) is 11.1 Å². The number of amides is 2. The van der Waals surface area contributed by atoms with Crippen LogP contribution in [0.5, 0.6) is 0 Å². The average Bonchev–Trinajstić information content (AvgIpc) is 3.12. The SMILES string of the molecule is CC(=O)SCCN(CCC1CCCCC1)C(=O)NCCN1CCCC1. The molecule has 1 heterocycles. The number of carbonyl (C=O) groups excluding carboxylic acids is 2. The average molecular weight is 370 g/mol. The predicted octanol–water partition coefficient (Wildman–Crippen LogP) is 3.34. The molecular formula is C19H35N3O2S. The van der Waals surface area contributed by atoms with E-state index in [1.54, 1.807) is 6.92 Å². The number of nitrogens with zero attached hydrogens (tertiary/aromatic N) is 2. The fraction of sp³-hybridized carbons (Fsp3) is 0.895. The molecule has 0 aromatic heterocycles. The molecular weight excluding hydrogens is 334 g/mol. The fourth-order valence-electron chi connectivity index (χ4n) is 3.87. The van der Waals surface area contributed by atoms with Crippen LogP contribution >= 0.6 is 11.8 Å². The second-order valence-corrected chi connectivity index (χ2v) is 8.67. The smallest absolute Gasteiger partial charge is 0.317 e. The molecule has 0 atom stereocenters. The first-order valence-corrected chi connectivity index (χ1v) is 11.0. The molecule has 2 rings (SSSR count). The van der Waals surface area contributed by atoms with Crippen molar-refractivity contribution in [3.8, 4) is 0 Å². The van der Waals surface area contributed by atoms with Gasteiger partial charge in [-0.05, 0) is 38.3 Å². The summed E-state index contributed by atoms with van der Waals surface area (Å²) in [6.07, 6.45) is 10.3. The largest absolute Gasteiger partial charge is 0.337 e. The Morgan fingerprint density at radius 3 is 2.48 bits per heavy atom. The molecule has 6 heteroatoms. The van der Waals surface area contributed by atoms with Crippen LogP contribution in [0.4, 0.5) is 4.79 Å². The number of nitrogens with one attached hydrogen (secondary N) is 1.